The van der Waals surface area contributed by atoms with Crippen molar-refractivity contribution in [1.29, 1.82) is 0 Å². The lowest BCUT2D eigenvalue weighted by molar-refractivity contribution is 0.129. The molecule has 0 aliphatic carbocycles. The normalized spacial score (nSPS) is 18.8. The Labute approximate surface area is 138 Å². The Kier molecular flexibility index (Phi) is 6.28. The zero-order valence-electron chi connectivity index (χ0n) is 14.3. The first-order valence-corrected chi connectivity index (χ1v) is 8.44. The van der Waals surface area contributed by atoms with Crippen LogP contribution in [0.15, 0.2) is 18.2 Å². The van der Waals surface area contributed by atoms with Crippen LogP contribution in [0.4, 0.5) is 4.79 Å². The number of nitrogens with one attached hydrogen (secondary N) is 1. The van der Waals surface area contributed by atoms with Crippen LogP contribution in [0.5, 0.6) is 5.75 Å². The fourth-order valence-electron chi connectivity index (χ4n) is 2.80. The second-order valence-electron chi connectivity index (χ2n) is 6.35. The molecule has 1 aromatic rings. The molecule has 1 aliphatic heterocycles. The SMILES string of the molecule is CCCOc1cc(C)ccc1CNC(=O)N1CC[C@H]([C@@H](C)O)C1. The molecule has 0 spiro atoms. The van der Waals surface area contributed by atoms with Crippen molar-refractivity contribution in [3.05, 3.63) is 29.3 Å². The highest BCUT2D eigenvalue weighted by Gasteiger charge is 2.28. The zero-order chi connectivity index (χ0) is 16.8. The predicted molar refractivity (Wildman–Crippen MR) is 90.6 cm³/mol. The lowest BCUT2D eigenvalue weighted by Gasteiger charge is -2.19. The molecule has 23 heavy (non-hydrogen) atoms. The number of likely N-dealkylation sites (tertiary alicyclic amines) is 1. The molecule has 128 valence electrons. The summed E-state index contributed by atoms with van der Waals surface area (Å²) in [5.41, 5.74) is 2.13. The molecule has 1 fully saturated rings. The summed E-state index contributed by atoms with van der Waals surface area (Å²) in [5.74, 6) is 1.03. The molecule has 1 heterocycles. The fraction of sp³-hybridized carbons (Fsp3) is 0.611. The van der Waals surface area contributed by atoms with Crippen LogP contribution >= 0.6 is 0 Å². The van der Waals surface area contributed by atoms with Crippen LogP contribution in [-0.2, 0) is 6.54 Å². The summed E-state index contributed by atoms with van der Waals surface area (Å²) in [5, 5.41) is 12.6. The maximum atomic E-state index is 12.3. The highest BCUT2D eigenvalue weighted by molar-refractivity contribution is 5.74. The van der Waals surface area contributed by atoms with Gasteiger partial charge in [0.15, 0.2) is 0 Å². The van der Waals surface area contributed by atoms with E-state index >= 15 is 0 Å². The molecule has 0 saturated carbocycles. The van der Waals surface area contributed by atoms with Crippen molar-refractivity contribution in [3.8, 4) is 5.75 Å². The van der Waals surface area contributed by atoms with E-state index in [1.165, 1.54) is 0 Å². The maximum absolute atomic E-state index is 12.3. The Bertz CT molecular complexity index is 531. The summed E-state index contributed by atoms with van der Waals surface area (Å²) in [6.45, 7) is 8.34. The maximum Gasteiger partial charge on any atom is 0.317 e. The van der Waals surface area contributed by atoms with Gasteiger partial charge in [0, 0.05) is 31.1 Å². The minimum Gasteiger partial charge on any atom is -0.493 e. The van der Waals surface area contributed by atoms with Crippen LogP contribution in [0.25, 0.3) is 0 Å². The van der Waals surface area contributed by atoms with Gasteiger partial charge in [-0.25, -0.2) is 4.79 Å². The lowest BCUT2D eigenvalue weighted by Crippen LogP contribution is -2.38. The van der Waals surface area contributed by atoms with Gasteiger partial charge < -0.3 is 20.1 Å². The topological polar surface area (TPSA) is 61.8 Å². The van der Waals surface area contributed by atoms with E-state index in [-0.39, 0.29) is 18.1 Å². The first-order chi connectivity index (χ1) is 11.0. The molecule has 1 aromatic carbocycles. The van der Waals surface area contributed by atoms with E-state index in [9.17, 15) is 9.90 Å². The molecule has 1 aliphatic rings. The Morgan fingerprint density at radius 2 is 2.30 bits per heavy atom. The van der Waals surface area contributed by atoms with Crippen molar-refractivity contribution in [3.63, 3.8) is 0 Å². The van der Waals surface area contributed by atoms with Crippen LogP contribution in [0.1, 0.15) is 37.8 Å². The van der Waals surface area contributed by atoms with E-state index < -0.39 is 0 Å². The minimum atomic E-state index is -0.362. The molecule has 2 amide bonds. The fourth-order valence-corrected chi connectivity index (χ4v) is 2.80. The predicted octanol–water partition coefficient (Wildman–Crippen LogP) is 2.70. The van der Waals surface area contributed by atoms with E-state index in [4.69, 9.17) is 4.74 Å². The van der Waals surface area contributed by atoms with Gasteiger partial charge in [-0.2, -0.15) is 0 Å². The first kappa shape index (κ1) is 17.6. The van der Waals surface area contributed by atoms with Gasteiger partial charge in [0.25, 0.3) is 0 Å². The number of rotatable bonds is 6. The number of carbonyl (C=O) groups excluding carboxylic acids is 1. The minimum absolute atomic E-state index is 0.0739. The van der Waals surface area contributed by atoms with Gasteiger partial charge in [-0.1, -0.05) is 19.1 Å². The van der Waals surface area contributed by atoms with Crippen LogP contribution in [0.2, 0.25) is 0 Å². The summed E-state index contributed by atoms with van der Waals surface area (Å²) in [6.07, 6.45) is 1.45. The summed E-state index contributed by atoms with van der Waals surface area (Å²) < 4.78 is 5.78. The summed E-state index contributed by atoms with van der Waals surface area (Å²) >= 11 is 0. The zero-order valence-corrected chi connectivity index (χ0v) is 14.3. The molecule has 5 heteroatoms. The highest BCUT2D eigenvalue weighted by Crippen LogP contribution is 2.22. The van der Waals surface area contributed by atoms with Gasteiger partial charge in [0.05, 0.1) is 12.7 Å². The Balaban J connectivity index is 1.91. The van der Waals surface area contributed by atoms with Crippen LogP contribution in [-0.4, -0.2) is 41.8 Å². The van der Waals surface area contributed by atoms with Gasteiger partial charge in [0.1, 0.15) is 5.75 Å². The molecule has 2 atom stereocenters. The van der Waals surface area contributed by atoms with E-state index in [0.717, 1.165) is 29.7 Å². The molecule has 0 aromatic heterocycles. The number of hydrogen-bond acceptors (Lipinski definition) is 3. The third-order valence-electron chi connectivity index (χ3n) is 4.31. The Hall–Kier alpha value is -1.75. The smallest absolute Gasteiger partial charge is 0.317 e. The monoisotopic (exact) mass is 320 g/mol. The third kappa shape index (κ3) is 4.86. The Morgan fingerprint density at radius 1 is 1.52 bits per heavy atom. The standard InChI is InChI=1S/C18H28N2O3/c1-4-9-23-17-10-13(2)5-6-15(17)11-19-18(22)20-8-7-16(12-20)14(3)21/h5-6,10,14,16,21H,4,7-9,11-12H2,1-3H3,(H,19,22)/t14-,16+/m1/s1. The number of ether oxygens (including phenoxy) is 1. The van der Waals surface area contributed by atoms with E-state index in [0.29, 0.717) is 26.2 Å². The van der Waals surface area contributed by atoms with Crippen molar-refractivity contribution >= 4 is 6.03 Å². The van der Waals surface area contributed by atoms with Crippen LogP contribution in [0, 0.1) is 12.8 Å². The number of amides is 2. The van der Waals surface area contributed by atoms with E-state index in [2.05, 4.69) is 12.2 Å². The van der Waals surface area contributed by atoms with Gasteiger partial charge in [-0.3, -0.25) is 0 Å². The number of benzene rings is 1. The van der Waals surface area contributed by atoms with Crippen molar-refractivity contribution < 1.29 is 14.6 Å². The largest absolute Gasteiger partial charge is 0.493 e. The molecule has 0 bridgehead atoms. The van der Waals surface area contributed by atoms with Gasteiger partial charge in [0.2, 0.25) is 0 Å². The number of urea groups is 1. The number of aliphatic hydroxyl groups is 1. The van der Waals surface area contributed by atoms with E-state index in [1.54, 1.807) is 11.8 Å². The summed E-state index contributed by atoms with van der Waals surface area (Å²) in [7, 11) is 0. The molecule has 2 rings (SSSR count). The molecule has 2 N–H and O–H groups in total. The molecule has 0 radical (unpaired) electrons. The average molecular weight is 320 g/mol. The quantitative estimate of drug-likeness (QED) is 0.847. The number of aliphatic hydroxyl groups excluding tert-OH is 1. The second-order valence-corrected chi connectivity index (χ2v) is 6.35. The van der Waals surface area contributed by atoms with Crippen molar-refractivity contribution in [2.45, 2.75) is 46.3 Å². The molecular formula is C18H28N2O3. The number of hydrogen-bond donors (Lipinski definition) is 2. The Morgan fingerprint density at radius 3 is 2.96 bits per heavy atom. The average Bonchev–Trinajstić information content (AvgIpc) is 3.02. The summed E-state index contributed by atoms with van der Waals surface area (Å²) in [4.78, 5) is 14.0. The van der Waals surface area contributed by atoms with Gasteiger partial charge in [-0.05, 0) is 38.3 Å². The molecular weight excluding hydrogens is 292 g/mol. The molecule has 1 saturated heterocycles. The van der Waals surface area contributed by atoms with Crippen molar-refractivity contribution in [2.24, 2.45) is 5.92 Å². The lowest BCUT2D eigenvalue weighted by atomic mass is 10.0. The number of aryl methyl sites for hydroxylation is 1. The number of carbonyl (C=O) groups is 1. The number of nitrogens with zero attached hydrogens (tertiary/aromatic N) is 1. The van der Waals surface area contributed by atoms with Crippen molar-refractivity contribution in [2.75, 3.05) is 19.7 Å². The molecule has 5 nitrogen and oxygen atoms in total. The van der Waals surface area contributed by atoms with Gasteiger partial charge in [-0.15, -0.1) is 0 Å². The van der Waals surface area contributed by atoms with Gasteiger partial charge >= 0.3 is 6.03 Å². The van der Waals surface area contributed by atoms with Crippen LogP contribution < -0.4 is 10.1 Å². The highest BCUT2D eigenvalue weighted by atomic mass is 16.5. The molecule has 0 unspecified atom stereocenters. The summed E-state index contributed by atoms with van der Waals surface area (Å²) in [6, 6.07) is 5.97. The second kappa shape index (κ2) is 8.20. The van der Waals surface area contributed by atoms with Crippen LogP contribution in [0.3, 0.4) is 0 Å². The van der Waals surface area contributed by atoms with Crippen molar-refractivity contribution in [1.82, 2.24) is 10.2 Å². The first-order valence-electron chi connectivity index (χ1n) is 8.44. The van der Waals surface area contributed by atoms with E-state index in [1.807, 2.05) is 25.1 Å². The third-order valence-corrected chi connectivity index (χ3v) is 4.31.